The number of benzene rings is 10. The van der Waals surface area contributed by atoms with E-state index in [1.165, 1.54) is 49.4 Å². The van der Waals surface area contributed by atoms with Crippen LogP contribution in [0.1, 0.15) is 112 Å². The fraction of sp³-hybridized carbons (Fsp3) is 0.176. The number of rotatable bonds is 9. The van der Waals surface area contributed by atoms with Crippen molar-refractivity contribution in [2.75, 3.05) is 0 Å². The highest BCUT2D eigenvalue weighted by molar-refractivity contribution is 6.17. The smallest absolute Gasteiger partial charge is 0.104 e. The Kier molecular flexibility index (Phi) is 11.2. The lowest BCUT2D eigenvalue weighted by atomic mass is 9.92. The molecule has 0 aliphatic heterocycles. The Morgan fingerprint density at radius 1 is 0.304 bits per heavy atom. The van der Waals surface area contributed by atoms with Gasteiger partial charge in [-0.05, 0) is 131 Å². The zero-order valence-electron chi connectivity index (χ0n) is 46.5. The number of fused-ring (bicyclic) bond motifs is 12. The Bertz CT molecular complexity index is 4350. The minimum absolute atomic E-state index is 0.317. The molecule has 79 heavy (non-hydrogen) atoms. The second kappa shape index (κ2) is 18.3. The molecule has 4 aromatic heterocycles. The summed E-state index contributed by atoms with van der Waals surface area (Å²) >= 11 is 0. The second-order valence-electron chi connectivity index (χ2n) is 23.3. The van der Waals surface area contributed by atoms with E-state index in [-0.39, 0.29) is 0 Å². The first-order valence-electron chi connectivity index (χ1n) is 28.3. The van der Waals surface area contributed by atoms with Crippen LogP contribution < -0.4 is 0 Å². The van der Waals surface area contributed by atoms with Gasteiger partial charge in [0.25, 0.3) is 0 Å². The van der Waals surface area contributed by atoms with E-state index < -0.39 is 0 Å². The Balaban J connectivity index is 1.35. The summed E-state index contributed by atoms with van der Waals surface area (Å²) < 4.78 is 9.93. The lowest BCUT2D eigenvalue weighted by Gasteiger charge is -2.29. The van der Waals surface area contributed by atoms with Crippen molar-refractivity contribution >= 4 is 87.2 Å². The second-order valence-corrected chi connectivity index (χ2v) is 23.3. The van der Waals surface area contributed by atoms with E-state index in [9.17, 15) is 5.26 Å². The third-order valence-electron chi connectivity index (χ3n) is 17.2. The number of aryl methyl sites for hydroxylation is 1. The number of aromatic nitrogens is 4. The zero-order chi connectivity index (χ0) is 54.1. The number of hydrogen-bond donors (Lipinski definition) is 0. The topological polar surface area (TPSA) is 43.5 Å². The van der Waals surface area contributed by atoms with Crippen LogP contribution in [0.5, 0.6) is 0 Å². The van der Waals surface area contributed by atoms with E-state index in [0.29, 0.717) is 29.2 Å². The lowest BCUT2D eigenvalue weighted by molar-refractivity contribution is 0.868. The van der Waals surface area contributed by atoms with Crippen molar-refractivity contribution in [1.82, 2.24) is 18.3 Å². The predicted molar refractivity (Wildman–Crippen MR) is 335 cm³/mol. The maximum Gasteiger partial charge on any atom is 0.104 e. The molecular weight excluding hydrogens is 959 g/mol. The predicted octanol–water partition coefficient (Wildman–Crippen LogP) is 20.4. The molecule has 10 aromatic carbocycles. The summed E-state index contributed by atoms with van der Waals surface area (Å²) in [6, 6.07) is 75.7. The summed E-state index contributed by atoms with van der Waals surface area (Å²) in [5.74, 6) is 1.27. The van der Waals surface area contributed by atoms with Gasteiger partial charge in [0.15, 0.2) is 0 Å². The van der Waals surface area contributed by atoms with Crippen molar-refractivity contribution in [1.29, 1.82) is 5.26 Å². The molecule has 5 heteroatoms. The van der Waals surface area contributed by atoms with Crippen LogP contribution in [0.2, 0.25) is 0 Å². The highest BCUT2D eigenvalue weighted by Gasteiger charge is 2.35. The van der Waals surface area contributed by atoms with Gasteiger partial charge >= 0.3 is 0 Å². The molecule has 0 bridgehead atoms. The summed E-state index contributed by atoms with van der Waals surface area (Å²) in [7, 11) is 0. The van der Waals surface area contributed by atoms with Crippen LogP contribution in [0.25, 0.3) is 121 Å². The number of nitrogens with zero attached hydrogens (tertiary/aromatic N) is 5. The van der Waals surface area contributed by atoms with Crippen LogP contribution in [-0.2, 0) is 0 Å². The summed E-state index contributed by atoms with van der Waals surface area (Å²) in [5.41, 5.74) is 20.9. The van der Waals surface area contributed by atoms with Crippen molar-refractivity contribution in [3.8, 4) is 39.9 Å². The van der Waals surface area contributed by atoms with E-state index >= 15 is 0 Å². The lowest BCUT2D eigenvalue weighted by Crippen LogP contribution is -2.16. The maximum atomic E-state index is 13.0. The molecule has 0 spiro atoms. The van der Waals surface area contributed by atoms with Gasteiger partial charge in [-0.3, -0.25) is 0 Å². The summed E-state index contributed by atoms with van der Waals surface area (Å²) in [5, 5.41) is 22.3. The number of nitriles is 1. The molecule has 0 saturated heterocycles. The van der Waals surface area contributed by atoms with E-state index in [0.717, 1.165) is 99.6 Å². The Labute approximate surface area is 461 Å². The number of para-hydroxylation sites is 4. The fourth-order valence-electron chi connectivity index (χ4n) is 13.0. The summed E-state index contributed by atoms with van der Waals surface area (Å²) in [6.45, 7) is 20.5. The van der Waals surface area contributed by atoms with Crippen LogP contribution in [0.3, 0.4) is 0 Å². The average Bonchev–Trinajstić information content (AvgIpc) is 3.39. The third kappa shape index (κ3) is 7.20. The van der Waals surface area contributed by atoms with Crippen LogP contribution in [-0.4, -0.2) is 18.3 Å². The molecule has 0 fully saturated rings. The molecular formula is C74H63N5. The number of hydrogen-bond acceptors (Lipinski definition) is 1. The SMILES string of the molecule is Cc1ccc(-c2c(-n3c4ccc(C(C)C)cc4c4cc(C(C)C)ccc43)c(-n3c4ccccc4c4ccccc43)c(C#N)c(-n3c4ccccc4c4ccccc43)c2-n2c3ccc(C(C)C)cc3c3cc(C(C)C)ccc32)cc1. The first-order chi connectivity index (χ1) is 38.4. The van der Waals surface area contributed by atoms with E-state index in [1.54, 1.807) is 0 Å². The Morgan fingerprint density at radius 2 is 0.570 bits per heavy atom. The minimum atomic E-state index is 0.317. The molecule has 0 N–H and O–H groups in total. The van der Waals surface area contributed by atoms with Gasteiger partial charge in [-0.2, -0.15) is 5.26 Å². The highest BCUT2D eigenvalue weighted by Crippen LogP contribution is 2.52. The fourth-order valence-corrected chi connectivity index (χ4v) is 13.0. The molecule has 0 saturated carbocycles. The van der Waals surface area contributed by atoms with Crippen LogP contribution >= 0.6 is 0 Å². The molecule has 384 valence electrons. The van der Waals surface area contributed by atoms with Crippen molar-refractivity contribution in [3.05, 3.63) is 228 Å². The molecule has 0 aliphatic carbocycles. The molecule has 0 unspecified atom stereocenters. The standard InChI is InChI=1S/C74H63N5/c1-43(2)49-30-34-66-57(38-49)58-39-50(44(3)4)31-35-67(58)78(66)73-70(48-28-26-47(9)27-29-48)74(79-68-36-32-51(45(5)6)40-59(68)60-41-52(46(7)8)33-37-69(60)79)72(77-64-24-16-12-20-55(64)56-21-13-17-25-65(56)77)61(42-75)71(73)76-62-22-14-10-18-53(62)54-19-11-15-23-63(54)76/h10-41,43-46H,1-9H3. The third-order valence-corrected chi connectivity index (χ3v) is 17.2. The van der Waals surface area contributed by atoms with Gasteiger partial charge in [-0.25, -0.2) is 0 Å². The largest absolute Gasteiger partial charge is 0.306 e. The van der Waals surface area contributed by atoms with Crippen molar-refractivity contribution in [2.45, 2.75) is 86.0 Å². The molecule has 14 rings (SSSR count). The quantitative estimate of drug-likeness (QED) is 0.142. The van der Waals surface area contributed by atoms with Crippen molar-refractivity contribution < 1.29 is 0 Å². The summed E-state index contributed by atoms with van der Waals surface area (Å²) in [6.07, 6.45) is 0. The molecule has 0 amide bonds. The monoisotopic (exact) mass is 1020 g/mol. The van der Waals surface area contributed by atoms with Gasteiger partial charge in [-0.15, -0.1) is 0 Å². The molecule has 0 aliphatic rings. The van der Waals surface area contributed by atoms with Crippen LogP contribution in [0.4, 0.5) is 0 Å². The molecule has 4 heterocycles. The van der Waals surface area contributed by atoms with E-state index in [4.69, 9.17) is 0 Å². The van der Waals surface area contributed by atoms with Crippen molar-refractivity contribution in [3.63, 3.8) is 0 Å². The van der Waals surface area contributed by atoms with Gasteiger partial charge in [0, 0.05) is 48.7 Å². The van der Waals surface area contributed by atoms with Gasteiger partial charge in [0.05, 0.1) is 66.9 Å². The van der Waals surface area contributed by atoms with Crippen LogP contribution in [0, 0.1) is 18.3 Å². The average molecular weight is 1020 g/mol. The first kappa shape index (κ1) is 48.3. The zero-order valence-corrected chi connectivity index (χ0v) is 46.5. The Hall–Kier alpha value is -9.11. The maximum absolute atomic E-state index is 13.0. The van der Waals surface area contributed by atoms with Gasteiger partial charge < -0.3 is 18.3 Å². The van der Waals surface area contributed by atoms with Crippen LogP contribution in [0.15, 0.2) is 194 Å². The van der Waals surface area contributed by atoms with Gasteiger partial charge in [0.1, 0.15) is 11.6 Å². The normalized spacial score (nSPS) is 12.3. The molecule has 0 atom stereocenters. The highest BCUT2D eigenvalue weighted by atomic mass is 15.1. The van der Waals surface area contributed by atoms with Gasteiger partial charge in [0.2, 0.25) is 0 Å². The molecule has 14 aromatic rings. The summed E-state index contributed by atoms with van der Waals surface area (Å²) in [4.78, 5) is 0. The van der Waals surface area contributed by atoms with E-state index in [2.05, 4.69) is 281 Å². The first-order valence-corrected chi connectivity index (χ1v) is 28.3. The van der Waals surface area contributed by atoms with Gasteiger partial charge in [-0.1, -0.05) is 182 Å². The Morgan fingerprint density at radius 3 is 0.848 bits per heavy atom. The van der Waals surface area contributed by atoms with E-state index in [1.807, 2.05) is 0 Å². The molecule has 5 nitrogen and oxygen atoms in total. The molecule has 0 radical (unpaired) electrons. The minimum Gasteiger partial charge on any atom is -0.306 e. The van der Waals surface area contributed by atoms with Crippen molar-refractivity contribution in [2.24, 2.45) is 0 Å².